The summed E-state index contributed by atoms with van der Waals surface area (Å²) >= 11 is 0. The maximum absolute atomic E-state index is 5.73. The molecule has 0 saturated heterocycles. The molecule has 2 unspecified atom stereocenters. The first-order chi connectivity index (χ1) is 9.40. The highest BCUT2D eigenvalue weighted by Crippen LogP contribution is 2.37. The average Bonchev–Trinajstić information content (AvgIpc) is 2.49. The zero-order valence-electron chi connectivity index (χ0n) is 10.7. The lowest BCUT2D eigenvalue weighted by atomic mass is 9.82. The quantitative estimate of drug-likeness (QED) is 0.642. The number of hydrogen-bond acceptors (Lipinski definition) is 5. The molecule has 98 valence electrons. The van der Waals surface area contributed by atoms with Crippen molar-refractivity contribution in [2.45, 2.75) is 31.2 Å². The summed E-state index contributed by atoms with van der Waals surface area (Å²) in [4.78, 5) is 13.2. The molecular formula is C14H17N5. The summed E-state index contributed by atoms with van der Waals surface area (Å²) in [5.74, 6) is 6.70. The van der Waals surface area contributed by atoms with Crippen LogP contribution in [0.25, 0.3) is 0 Å². The van der Waals surface area contributed by atoms with Crippen molar-refractivity contribution in [1.82, 2.24) is 20.4 Å². The van der Waals surface area contributed by atoms with Crippen LogP contribution in [0.3, 0.4) is 0 Å². The monoisotopic (exact) mass is 255 g/mol. The van der Waals surface area contributed by atoms with Gasteiger partial charge in [0.1, 0.15) is 5.82 Å². The highest BCUT2D eigenvalue weighted by atomic mass is 15.3. The van der Waals surface area contributed by atoms with Gasteiger partial charge in [-0.05, 0) is 37.0 Å². The first-order valence-corrected chi connectivity index (χ1v) is 6.57. The van der Waals surface area contributed by atoms with Gasteiger partial charge in [0.2, 0.25) is 0 Å². The van der Waals surface area contributed by atoms with Crippen LogP contribution >= 0.6 is 0 Å². The van der Waals surface area contributed by atoms with E-state index in [4.69, 9.17) is 5.84 Å². The molecular weight excluding hydrogens is 238 g/mol. The summed E-state index contributed by atoms with van der Waals surface area (Å²) in [7, 11) is 0. The maximum atomic E-state index is 5.73. The minimum atomic E-state index is -0.0878. The summed E-state index contributed by atoms with van der Waals surface area (Å²) in [6.45, 7) is 0. The Morgan fingerprint density at radius 2 is 1.95 bits per heavy atom. The molecule has 5 nitrogen and oxygen atoms in total. The second-order valence-corrected chi connectivity index (χ2v) is 4.80. The third kappa shape index (κ3) is 2.34. The summed E-state index contributed by atoms with van der Waals surface area (Å²) in [6, 6.07) is 5.86. The van der Waals surface area contributed by atoms with Gasteiger partial charge in [0.15, 0.2) is 0 Å². The molecule has 5 heteroatoms. The number of nitrogens with zero attached hydrogens (tertiary/aromatic N) is 3. The fourth-order valence-corrected chi connectivity index (χ4v) is 2.81. The number of aryl methyl sites for hydroxylation is 1. The third-order valence-electron chi connectivity index (χ3n) is 3.68. The van der Waals surface area contributed by atoms with Gasteiger partial charge in [-0.15, -0.1) is 0 Å². The molecule has 3 rings (SSSR count). The van der Waals surface area contributed by atoms with E-state index in [0.717, 1.165) is 30.8 Å². The Labute approximate surface area is 112 Å². The second-order valence-electron chi connectivity index (χ2n) is 4.80. The van der Waals surface area contributed by atoms with E-state index in [2.05, 4.69) is 26.4 Å². The Hall–Kier alpha value is -1.85. The van der Waals surface area contributed by atoms with Crippen LogP contribution in [0.5, 0.6) is 0 Å². The van der Waals surface area contributed by atoms with Gasteiger partial charge < -0.3 is 0 Å². The van der Waals surface area contributed by atoms with Crippen LogP contribution in [-0.2, 0) is 6.42 Å². The molecule has 2 atom stereocenters. The van der Waals surface area contributed by atoms with Crippen molar-refractivity contribution >= 4 is 0 Å². The molecule has 3 N–H and O–H groups in total. The first kappa shape index (κ1) is 12.2. The van der Waals surface area contributed by atoms with Crippen LogP contribution in [-0.4, -0.2) is 15.0 Å². The molecule has 0 aliphatic heterocycles. The number of hydrazine groups is 1. The van der Waals surface area contributed by atoms with Gasteiger partial charge >= 0.3 is 0 Å². The molecule has 2 aromatic heterocycles. The highest BCUT2D eigenvalue weighted by Gasteiger charge is 2.30. The Balaban J connectivity index is 1.97. The number of fused-ring (bicyclic) bond motifs is 1. The lowest BCUT2D eigenvalue weighted by Crippen LogP contribution is -2.35. The van der Waals surface area contributed by atoms with Crippen LogP contribution in [0.15, 0.2) is 36.8 Å². The first-order valence-electron chi connectivity index (χ1n) is 6.57. The second kappa shape index (κ2) is 5.42. The van der Waals surface area contributed by atoms with E-state index >= 15 is 0 Å². The summed E-state index contributed by atoms with van der Waals surface area (Å²) in [5.41, 5.74) is 5.31. The number of hydrogen-bond donors (Lipinski definition) is 2. The maximum Gasteiger partial charge on any atom is 0.147 e. The van der Waals surface area contributed by atoms with Crippen molar-refractivity contribution in [2.75, 3.05) is 0 Å². The van der Waals surface area contributed by atoms with Crippen LogP contribution in [0.1, 0.15) is 41.9 Å². The molecule has 2 aromatic rings. The molecule has 0 amide bonds. The van der Waals surface area contributed by atoms with E-state index in [0.29, 0.717) is 0 Å². The SMILES string of the molecule is NNC(c1ncccn1)C1CCCc2cccnc21. The van der Waals surface area contributed by atoms with Crippen LogP contribution < -0.4 is 11.3 Å². The van der Waals surface area contributed by atoms with Gasteiger partial charge in [-0.2, -0.15) is 0 Å². The standard InChI is InChI=1S/C14H17N5/c15-19-13(14-17-8-3-9-18-14)11-6-1-4-10-5-2-7-16-12(10)11/h2-3,5,7-9,11,13,19H,1,4,6,15H2. The van der Waals surface area contributed by atoms with Crippen LogP contribution in [0.2, 0.25) is 0 Å². The zero-order chi connectivity index (χ0) is 13.1. The van der Waals surface area contributed by atoms with E-state index in [-0.39, 0.29) is 12.0 Å². The normalized spacial score (nSPS) is 19.7. The molecule has 1 aliphatic rings. The van der Waals surface area contributed by atoms with E-state index in [1.54, 1.807) is 12.4 Å². The summed E-state index contributed by atoms with van der Waals surface area (Å²) in [6.07, 6.45) is 8.62. The van der Waals surface area contributed by atoms with E-state index in [1.165, 1.54) is 5.56 Å². The third-order valence-corrected chi connectivity index (χ3v) is 3.68. The van der Waals surface area contributed by atoms with Gasteiger partial charge in [-0.1, -0.05) is 6.07 Å². The van der Waals surface area contributed by atoms with Crippen LogP contribution in [0.4, 0.5) is 0 Å². The molecule has 0 fully saturated rings. The number of pyridine rings is 1. The van der Waals surface area contributed by atoms with Crippen molar-refractivity contribution in [3.8, 4) is 0 Å². The Morgan fingerprint density at radius 3 is 2.74 bits per heavy atom. The Bertz CT molecular complexity index is 543. The number of nitrogens with two attached hydrogens (primary N) is 1. The average molecular weight is 255 g/mol. The predicted molar refractivity (Wildman–Crippen MR) is 72.0 cm³/mol. The predicted octanol–water partition coefficient (Wildman–Crippen LogP) is 1.50. The van der Waals surface area contributed by atoms with E-state index in [1.807, 2.05) is 18.3 Å². The van der Waals surface area contributed by atoms with Crippen LogP contribution in [0, 0.1) is 0 Å². The minimum absolute atomic E-state index is 0.0878. The van der Waals surface area contributed by atoms with E-state index < -0.39 is 0 Å². The molecule has 2 heterocycles. The zero-order valence-corrected chi connectivity index (χ0v) is 10.7. The molecule has 19 heavy (non-hydrogen) atoms. The number of rotatable bonds is 3. The molecule has 0 saturated carbocycles. The van der Waals surface area contributed by atoms with Gasteiger partial charge in [-0.3, -0.25) is 10.8 Å². The summed E-state index contributed by atoms with van der Waals surface area (Å²) in [5, 5.41) is 0. The molecule has 0 radical (unpaired) electrons. The topological polar surface area (TPSA) is 76.7 Å². The van der Waals surface area contributed by atoms with Crippen molar-refractivity contribution in [2.24, 2.45) is 5.84 Å². The lowest BCUT2D eigenvalue weighted by molar-refractivity contribution is 0.385. The molecule has 0 spiro atoms. The van der Waals surface area contributed by atoms with Crippen molar-refractivity contribution in [3.05, 3.63) is 53.9 Å². The molecule has 0 bridgehead atoms. The van der Waals surface area contributed by atoms with Crippen molar-refractivity contribution in [1.29, 1.82) is 0 Å². The fraction of sp³-hybridized carbons (Fsp3) is 0.357. The fourth-order valence-electron chi connectivity index (χ4n) is 2.81. The summed E-state index contributed by atoms with van der Waals surface area (Å²) < 4.78 is 0. The van der Waals surface area contributed by atoms with Gasteiger partial charge in [-0.25, -0.2) is 15.4 Å². The van der Waals surface area contributed by atoms with Gasteiger partial charge in [0.25, 0.3) is 0 Å². The lowest BCUT2D eigenvalue weighted by Gasteiger charge is -2.29. The van der Waals surface area contributed by atoms with E-state index in [9.17, 15) is 0 Å². The van der Waals surface area contributed by atoms with Gasteiger partial charge in [0.05, 0.1) is 6.04 Å². The molecule has 0 aromatic carbocycles. The van der Waals surface area contributed by atoms with Gasteiger partial charge in [0, 0.05) is 30.2 Å². The van der Waals surface area contributed by atoms with Crippen molar-refractivity contribution < 1.29 is 0 Å². The van der Waals surface area contributed by atoms with Crippen molar-refractivity contribution in [3.63, 3.8) is 0 Å². The number of nitrogens with one attached hydrogen (secondary N) is 1. The largest absolute Gasteiger partial charge is 0.271 e. The smallest absolute Gasteiger partial charge is 0.147 e. The molecule has 1 aliphatic carbocycles. The highest BCUT2D eigenvalue weighted by molar-refractivity contribution is 5.28. The Morgan fingerprint density at radius 1 is 1.16 bits per heavy atom. The minimum Gasteiger partial charge on any atom is -0.271 e. The number of aromatic nitrogens is 3. The Kier molecular flexibility index (Phi) is 3.48.